The van der Waals surface area contributed by atoms with E-state index in [1.807, 2.05) is 0 Å². The van der Waals surface area contributed by atoms with Gasteiger partial charge < -0.3 is 0 Å². The van der Waals surface area contributed by atoms with Crippen LogP contribution in [0.25, 0.3) is 174 Å². The summed E-state index contributed by atoms with van der Waals surface area (Å²) in [7, 11) is 0. The van der Waals surface area contributed by atoms with Crippen molar-refractivity contribution in [2.24, 2.45) is 0 Å². The molecule has 0 bridgehead atoms. The summed E-state index contributed by atoms with van der Waals surface area (Å²) in [5.41, 5.74) is 26.1. The molecule has 0 heterocycles. The maximum absolute atomic E-state index is 4.25. The molecule has 0 aliphatic rings. The van der Waals surface area contributed by atoms with Gasteiger partial charge in [-0.15, -0.1) is 0 Å². The Morgan fingerprint density at radius 1 is 0.175 bits per heavy atom. The minimum Gasteiger partial charge on any atom is -0.0557 e. The summed E-state index contributed by atoms with van der Waals surface area (Å²) in [6, 6.07) is 49.5. The smallest absolute Gasteiger partial charge is 0.0188 e. The summed E-state index contributed by atoms with van der Waals surface area (Å²) in [5.74, 6) is 0. The summed E-state index contributed by atoms with van der Waals surface area (Å²) < 4.78 is 2.20. The molecule has 0 atom stereocenters. The molecule has 80 heavy (non-hydrogen) atoms. The van der Waals surface area contributed by atoms with Gasteiger partial charge in [-0.25, -0.2) is 0 Å². The predicted molar refractivity (Wildman–Crippen MR) is 358 cm³/mol. The third-order valence-electron chi connectivity index (χ3n) is 19.4. The zero-order valence-electron chi connectivity index (χ0n) is 47.3. The fourth-order valence-corrected chi connectivity index (χ4v) is 18.2. The van der Waals surface area contributed by atoms with Crippen LogP contribution < -0.4 is 0 Å². The van der Waals surface area contributed by atoms with Crippen molar-refractivity contribution in [3.05, 3.63) is 197 Å². The maximum Gasteiger partial charge on any atom is 0.0188 e. The van der Waals surface area contributed by atoms with Crippen LogP contribution in [0.15, 0.2) is 130 Å². The van der Waals surface area contributed by atoms with E-state index in [0.717, 1.165) is 8.95 Å². The van der Waals surface area contributed by atoms with Crippen LogP contribution in [0.2, 0.25) is 0 Å². The first-order valence-corrected chi connectivity index (χ1v) is 30.0. The molecule has 0 nitrogen and oxygen atoms in total. The van der Waals surface area contributed by atoms with Gasteiger partial charge in [-0.3, -0.25) is 0 Å². The quantitative estimate of drug-likeness (QED) is 0.122. The van der Waals surface area contributed by atoms with E-state index in [1.54, 1.807) is 0 Å². The standard InChI is InChI=1S/C78H56Br2/c1-33-13-37(5)63(38(6)14-33)45-21-51-52-22-46(64-39(7)15-34(2)16-40(64)8)26-56-61-31-50(80)32-62-58-28-48(66-43(11)19-36(4)20-44(66)12)24-54-53-23-47(65-41(9)17-35(3)18-42(65)10)27-57-60-30-49(79)29-59-55(25-45)67(51)73-74(68(52)56)78(72(61)62)76(70(54)58)75(69(53)57)77(73)71(59)60/h13-32H,1-12H3. The summed E-state index contributed by atoms with van der Waals surface area (Å²) in [4.78, 5) is 0. The summed E-state index contributed by atoms with van der Waals surface area (Å²) in [6.45, 7) is 27.4. The van der Waals surface area contributed by atoms with Crippen LogP contribution in [0.3, 0.4) is 0 Å². The van der Waals surface area contributed by atoms with Gasteiger partial charge in [-0.1, -0.05) is 103 Å². The molecule has 0 amide bonds. The van der Waals surface area contributed by atoms with E-state index < -0.39 is 0 Å². The van der Waals surface area contributed by atoms with E-state index in [1.165, 1.54) is 241 Å². The molecular weight excluding hydrogens is 1100 g/mol. The van der Waals surface area contributed by atoms with Gasteiger partial charge in [0, 0.05) is 8.95 Å². The highest BCUT2D eigenvalue weighted by atomic mass is 79.9. The molecule has 0 radical (unpaired) electrons. The normalized spacial score (nSPS) is 12.9. The molecule has 0 spiro atoms. The van der Waals surface area contributed by atoms with Crippen molar-refractivity contribution in [1.29, 1.82) is 0 Å². The third-order valence-corrected chi connectivity index (χ3v) is 20.3. The van der Waals surface area contributed by atoms with Crippen molar-refractivity contribution in [3.8, 4) is 44.5 Å². The molecule has 0 aliphatic heterocycles. The Labute approximate surface area is 482 Å². The number of benzene rings is 17. The number of aryl methyl sites for hydroxylation is 12. The van der Waals surface area contributed by atoms with Gasteiger partial charge in [0.05, 0.1) is 0 Å². The van der Waals surface area contributed by atoms with Crippen molar-refractivity contribution in [2.75, 3.05) is 0 Å². The van der Waals surface area contributed by atoms with Crippen LogP contribution in [0, 0.1) is 83.1 Å². The fraction of sp³-hybridized carbons (Fsp3) is 0.154. The predicted octanol–water partition coefficient (Wildman–Crippen LogP) is 24.0. The van der Waals surface area contributed by atoms with E-state index in [2.05, 4.69) is 236 Å². The van der Waals surface area contributed by atoms with Crippen molar-refractivity contribution in [2.45, 2.75) is 83.1 Å². The molecule has 382 valence electrons. The van der Waals surface area contributed by atoms with E-state index in [0.29, 0.717) is 0 Å². The van der Waals surface area contributed by atoms with Crippen LogP contribution in [0.4, 0.5) is 0 Å². The van der Waals surface area contributed by atoms with Crippen LogP contribution in [0.5, 0.6) is 0 Å². The highest BCUT2D eigenvalue weighted by Crippen LogP contribution is 2.62. The number of fused-ring (bicyclic) bond motifs is 6. The van der Waals surface area contributed by atoms with Crippen LogP contribution in [-0.2, 0) is 0 Å². The first-order chi connectivity index (χ1) is 38.4. The van der Waals surface area contributed by atoms with Gasteiger partial charge in [0.2, 0.25) is 0 Å². The topological polar surface area (TPSA) is 0 Å². The maximum atomic E-state index is 4.25. The Morgan fingerprint density at radius 3 is 0.463 bits per heavy atom. The van der Waals surface area contributed by atoms with Crippen LogP contribution in [-0.4, -0.2) is 0 Å². The Kier molecular flexibility index (Phi) is 9.23. The minimum atomic E-state index is 1.10. The number of hydrogen-bond donors (Lipinski definition) is 0. The Bertz CT molecular complexity index is 4890. The van der Waals surface area contributed by atoms with E-state index >= 15 is 0 Å². The van der Waals surface area contributed by atoms with Gasteiger partial charge in [-0.2, -0.15) is 0 Å². The summed E-state index contributed by atoms with van der Waals surface area (Å²) in [5, 5.41) is 32.5. The van der Waals surface area contributed by atoms with Crippen LogP contribution >= 0.6 is 31.9 Å². The fourth-order valence-electron chi connectivity index (χ4n) is 17.3. The van der Waals surface area contributed by atoms with Gasteiger partial charge >= 0.3 is 0 Å². The molecular formula is C78H56Br2. The minimum absolute atomic E-state index is 1.10. The van der Waals surface area contributed by atoms with Gasteiger partial charge in [0.1, 0.15) is 0 Å². The lowest BCUT2D eigenvalue weighted by atomic mass is 9.72. The average molecular weight is 1150 g/mol. The van der Waals surface area contributed by atoms with Crippen molar-refractivity contribution in [1.82, 2.24) is 0 Å². The number of halogens is 2. The summed E-state index contributed by atoms with van der Waals surface area (Å²) >= 11 is 8.49. The van der Waals surface area contributed by atoms with Crippen molar-refractivity contribution < 1.29 is 0 Å². The highest BCUT2D eigenvalue weighted by molar-refractivity contribution is 9.10. The molecule has 0 fully saturated rings. The first-order valence-electron chi connectivity index (χ1n) is 28.4. The Morgan fingerprint density at radius 2 is 0.312 bits per heavy atom. The van der Waals surface area contributed by atoms with Gasteiger partial charge in [0.15, 0.2) is 0 Å². The lowest BCUT2D eigenvalue weighted by molar-refractivity contribution is 1.32. The molecule has 2 heteroatoms. The molecule has 0 unspecified atom stereocenters. The zero-order valence-corrected chi connectivity index (χ0v) is 50.5. The Balaban J connectivity index is 1.23. The second kappa shape index (κ2) is 15.6. The largest absolute Gasteiger partial charge is 0.0557 e. The number of hydrogen-bond acceptors (Lipinski definition) is 0. The third kappa shape index (κ3) is 5.86. The molecule has 17 aromatic rings. The van der Waals surface area contributed by atoms with Crippen molar-refractivity contribution in [3.63, 3.8) is 0 Å². The number of rotatable bonds is 4. The molecule has 0 N–H and O–H groups in total. The van der Waals surface area contributed by atoms with Gasteiger partial charge in [0.25, 0.3) is 0 Å². The lowest BCUT2D eigenvalue weighted by Crippen LogP contribution is -2.02. The molecule has 0 saturated heterocycles. The monoisotopic (exact) mass is 1150 g/mol. The Hall–Kier alpha value is -7.62. The summed E-state index contributed by atoms with van der Waals surface area (Å²) in [6.07, 6.45) is 0. The van der Waals surface area contributed by atoms with E-state index in [4.69, 9.17) is 0 Å². The first kappa shape index (κ1) is 47.2. The molecule has 17 aromatic carbocycles. The second-order valence-electron chi connectivity index (χ2n) is 24.9. The highest BCUT2D eigenvalue weighted by Gasteiger charge is 2.34. The zero-order chi connectivity index (χ0) is 54.7. The lowest BCUT2D eigenvalue weighted by Gasteiger charge is -2.30. The SMILES string of the molecule is Cc1cc(C)c(-c2cc3c4cc(Br)cc5c6cc(-c7c(C)cc(C)cc7C)cc7c8cc(-c9c(C)cc(C)cc9C)cc9c%10cc(Br)cc%11c%12cc(-c%13c(C)cc(C)cc%13C)cc%13c(c2)c3c2c(c45)c(c67)c(c98)c(c%11%10)c2c%12%13)c(C)c1. The second-order valence-corrected chi connectivity index (χ2v) is 26.7. The molecule has 0 saturated carbocycles. The molecule has 17 rings (SSSR count). The molecule has 0 aromatic heterocycles. The molecule has 0 aliphatic carbocycles. The average Bonchev–Trinajstić information content (AvgIpc) is 0.935. The van der Waals surface area contributed by atoms with E-state index in [-0.39, 0.29) is 0 Å². The van der Waals surface area contributed by atoms with Crippen LogP contribution in [0.1, 0.15) is 66.8 Å². The van der Waals surface area contributed by atoms with Gasteiger partial charge in [-0.05, 0) is 374 Å². The van der Waals surface area contributed by atoms with E-state index in [9.17, 15) is 0 Å². The van der Waals surface area contributed by atoms with Crippen molar-refractivity contribution >= 4 is 161 Å².